The number of pyridine rings is 2. The summed E-state index contributed by atoms with van der Waals surface area (Å²) in [5, 5.41) is 0. The van der Waals surface area contributed by atoms with Crippen LogP contribution >= 0.6 is 0 Å². The van der Waals surface area contributed by atoms with Crippen molar-refractivity contribution in [2.45, 2.75) is 0 Å². The highest BCUT2D eigenvalue weighted by atomic mass is 35.5. The van der Waals surface area contributed by atoms with Crippen LogP contribution in [0.1, 0.15) is 0 Å². The summed E-state index contributed by atoms with van der Waals surface area (Å²) in [5.74, 6) is 0. The van der Waals surface area contributed by atoms with Crippen LogP contribution in [0.3, 0.4) is 0 Å². The van der Waals surface area contributed by atoms with Gasteiger partial charge in [-0.1, -0.05) is 0 Å². The molecule has 0 radical (unpaired) electrons. The number of aromatic nitrogens is 2. The topological polar surface area (TPSA) is 7.76 Å². The van der Waals surface area contributed by atoms with E-state index in [1.165, 1.54) is 0 Å². The van der Waals surface area contributed by atoms with Gasteiger partial charge in [-0.2, -0.15) is 0 Å². The number of hydrogen-bond acceptors (Lipinski definition) is 0. The quantitative estimate of drug-likeness (QED) is 0.431. The van der Waals surface area contributed by atoms with Gasteiger partial charge in [-0.15, -0.1) is 0 Å². The third-order valence-electron chi connectivity index (χ3n) is 1.67. The number of rotatable bonds is 1. The molecule has 2 aromatic rings. The molecule has 0 aromatic carbocycles. The van der Waals surface area contributed by atoms with Crippen LogP contribution in [0.2, 0.25) is 0 Å². The van der Waals surface area contributed by atoms with E-state index in [0.29, 0.717) is 0 Å². The lowest BCUT2D eigenvalue weighted by Crippen LogP contribution is -3.00. The molecule has 0 aliphatic heterocycles. The Morgan fingerprint density at radius 2 is 0.714 bits per heavy atom. The summed E-state index contributed by atoms with van der Waals surface area (Å²) in [5.41, 5.74) is 0. The summed E-state index contributed by atoms with van der Waals surface area (Å²) >= 11 is 0. The fourth-order valence-electron chi connectivity index (χ4n) is 1.09. The minimum atomic E-state index is 0. The Balaban J connectivity index is 0.000000845. The maximum absolute atomic E-state index is 2.00. The normalized spacial score (nSPS) is 8.29. The van der Waals surface area contributed by atoms with Gasteiger partial charge in [0.05, 0.1) is 9.35 Å². The van der Waals surface area contributed by atoms with Crippen molar-refractivity contribution >= 4 is 0 Å². The lowest BCUT2D eigenvalue weighted by atomic mass is 10.5. The Kier molecular flexibility index (Phi) is 5.84. The molecule has 4 heteroatoms. The molecule has 0 aliphatic carbocycles. The molecule has 0 fully saturated rings. The lowest BCUT2D eigenvalue weighted by molar-refractivity contribution is -1.30. The third-order valence-corrected chi connectivity index (χ3v) is 1.67. The van der Waals surface area contributed by atoms with Crippen molar-refractivity contribution in [2.75, 3.05) is 0 Å². The summed E-state index contributed by atoms with van der Waals surface area (Å²) in [6.45, 7) is 0. The minimum Gasteiger partial charge on any atom is -1.00 e. The number of nitrogens with zero attached hydrogens (tertiary/aromatic N) is 2. The molecule has 0 amide bonds. The first-order valence-corrected chi connectivity index (χ1v) is 3.90. The van der Waals surface area contributed by atoms with Gasteiger partial charge in [-0.3, -0.25) is 0 Å². The standard InChI is InChI=1S/C10H10N2.2ClH/c1-3-7-11(8-4-1)12-9-5-2-6-10-12;;/h1-10H;2*1H/q+2;;/p-2. The van der Waals surface area contributed by atoms with Crippen LogP contribution in [-0.4, -0.2) is 0 Å². The van der Waals surface area contributed by atoms with E-state index >= 15 is 0 Å². The van der Waals surface area contributed by atoms with Gasteiger partial charge in [0.15, 0.2) is 0 Å². The summed E-state index contributed by atoms with van der Waals surface area (Å²) in [6, 6.07) is 12.0. The van der Waals surface area contributed by atoms with Gasteiger partial charge in [0, 0.05) is 24.3 Å². The molecule has 0 saturated heterocycles. The zero-order chi connectivity index (χ0) is 8.23. The first-order valence-electron chi connectivity index (χ1n) is 3.90. The molecule has 0 unspecified atom stereocenters. The van der Waals surface area contributed by atoms with Gasteiger partial charge in [-0.05, 0) is 12.1 Å². The fraction of sp³-hybridized carbons (Fsp3) is 0. The highest BCUT2D eigenvalue weighted by molar-refractivity contribution is 4.84. The van der Waals surface area contributed by atoms with Gasteiger partial charge in [0.1, 0.15) is 0 Å². The predicted molar refractivity (Wildman–Crippen MR) is 44.1 cm³/mol. The second kappa shape index (κ2) is 6.35. The highest BCUT2D eigenvalue weighted by Crippen LogP contribution is 1.76. The molecular weight excluding hydrogens is 219 g/mol. The first kappa shape index (κ1) is 12.9. The van der Waals surface area contributed by atoms with Crippen LogP contribution in [-0.2, 0) is 0 Å². The second-order valence-corrected chi connectivity index (χ2v) is 2.51. The average Bonchev–Trinajstić information content (AvgIpc) is 2.21. The first-order chi connectivity index (χ1) is 5.97. The van der Waals surface area contributed by atoms with E-state index in [2.05, 4.69) is 0 Å². The van der Waals surface area contributed by atoms with Crippen LogP contribution in [0.4, 0.5) is 0 Å². The van der Waals surface area contributed by atoms with Crippen molar-refractivity contribution < 1.29 is 34.2 Å². The Bertz CT molecular complexity index is 314. The Labute approximate surface area is 95.6 Å². The van der Waals surface area contributed by atoms with E-state index in [9.17, 15) is 0 Å². The second-order valence-electron chi connectivity index (χ2n) is 2.51. The lowest BCUT2D eigenvalue weighted by Gasteiger charge is -1.84. The molecule has 0 N–H and O–H groups in total. The molecule has 0 aliphatic rings. The molecule has 2 rings (SSSR count). The summed E-state index contributed by atoms with van der Waals surface area (Å²) in [6.07, 6.45) is 8.00. The maximum Gasteiger partial charge on any atom is 0.242 e. The van der Waals surface area contributed by atoms with E-state index in [1.54, 1.807) is 0 Å². The molecule has 2 nitrogen and oxygen atoms in total. The SMILES string of the molecule is [Cl-].[Cl-].c1cc[n+](-[n+]2ccccc2)cc1. The van der Waals surface area contributed by atoms with Crippen LogP contribution in [0.5, 0.6) is 0 Å². The molecule has 0 bridgehead atoms. The molecule has 74 valence electrons. The summed E-state index contributed by atoms with van der Waals surface area (Å²) < 4.78 is 4.00. The highest BCUT2D eigenvalue weighted by Gasteiger charge is 2.06. The number of hydrogen-bond donors (Lipinski definition) is 0. The van der Waals surface area contributed by atoms with Crippen molar-refractivity contribution in [1.82, 2.24) is 0 Å². The summed E-state index contributed by atoms with van der Waals surface area (Å²) in [4.78, 5) is 0. The molecular formula is C10H10Cl2N2. The average molecular weight is 229 g/mol. The van der Waals surface area contributed by atoms with Crippen LogP contribution < -0.4 is 34.2 Å². The van der Waals surface area contributed by atoms with Crippen LogP contribution in [0, 0.1) is 0 Å². The zero-order valence-corrected chi connectivity index (χ0v) is 8.94. The van der Waals surface area contributed by atoms with E-state index in [4.69, 9.17) is 0 Å². The van der Waals surface area contributed by atoms with Crippen molar-refractivity contribution in [3.05, 3.63) is 61.2 Å². The zero-order valence-electron chi connectivity index (χ0n) is 7.42. The van der Waals surface area contributed by atoms with E-state index < -0.39 is 0 Å². The maximum atomic E-state index is 2.00. The monoisotopic (exact) mass is 228 g/mol. The molecule has 2 heterocycles. The molecule has 0 saturated carbocycles. The molecule has 0 spiro atoms. The van der Waals surface area contributed by atoms with Crippen molar-refractivity contribution in [2.24, 2.45) is 0 Å². The fourth-order valence-corrected chi connectivity index (χ4v) is 1.09. The third kappa shape index (κ3) is 2.98. The summed E-state index contributed by atoms with van der Waals surface area (Å²) in [7, 11) is 0. The Hall–Kier alpha value is -1.12. The van der Waals surface area contributed by atoms with Crippen molar-refractivity contribution in [3.63, 3.8) is 0 Å². The van der Waals surface area contributed by atoms with E-state index in [-0.39, 0.29) is 24.8 Å². The molecule has 0 atom stereocenters. The Morgan fingerprint density at radius 1 is 0.429 bits per heavy atom. The molecule has 2 aromatic heterocycles. The van der Waals surface area contributed by atoms with Crippen LogP contribution in [0.15, 0.2) is 61.2 Å². The van der Waals surface area contributed by atoms with E-state index in [0.717, 1.165) is 0 Å². The van der Waals surface area contributed by atoms with Gasteiger partial charge >= 0.3 is 0 Å². The number of halogens is 2. The van der Waals surface area contributed by atoms with E-state index in [1.807, 2.05) is 70.5 Å². The van der Waals surface area contributed by atoms with Gasteiger partial charge in [0.25, 0.3) is 0 Å². The van der Waals surface area contributed by atoms with Gasteiger partial charge in [-0.25, -0.2) is 0 Å². The Morgan fingerprint density at radius 3 is 1.00 bits per heavy atom. The molecule has 14 heavy (non-hydrogen) atoms. The van der Waals surface area contributed by atoms with Crippen molar-refractivity contribution in [1.29, 1.82) is 0 Å². The smallest absolute Gasteiger partial charge is 0.242 e. The van der Waals surface area contributed by atoms with Gasteiger partial charge in [0.2, 0.25) is 24.8 Å². The largest absolute Gasteiger partial charge is 1.00 e. The van der Waals surface area contributed by atoms with Crippen LogP contribution in [0.25, 0.3) is 0 Å². The van der Waals surface area contributed by atoms with Gasteiger partial charge < -0.3 is 24.8 Å². The predicted octanol–water partition coefficient (Wildman–Crippen LogP) is -5.42. The minimum absolute atomic E-state index is 0. The van der Waals surface area contributed by atoms with Crippen molar-refractivity contribution in [3.8, 4) is 0 Å².